The first-order valence-electron chi connectivity index (χ1n) is 5.73. The minimum absolute atomic E-state index is 0.0614. The van der Waals surface area contributed by atoms with Crippen LogP contribution in [0.25, 0.3) is 0 Å². The molecule has 1 N–H and O–H groups in total. The highest BCUT2D eigenvalue weighted by Crippen LogP contribution is 2.30. The van der Waals surface area contributed by atoms with Crippen molar-refractivity contribution in [2.45, 2.75) is 19.8 Å². The molecular formula is C12H14ClNO3S. The summed E-state index contributed by atoms with van der Waals surface area (Å²) < 4.78 is 0. The second-order valence-corrected chi connectivity index (χ2v) is 5.82. The second kappa shape index (κ2) is 5.28. The van der Waals surface area contributed by atoms with Crippen LogP contribution in [0.15, 0.2) is 5.38 Å². The number of aliphatic carboxylic acids is 1. The van der Waals surface area contributed by atoms with Crippen molar-refractivity contribution < 1.29 is 14.7 Å². The van der Waals surface area contributed by atoms with Crippen LogP contribution in [0.4, 0.5) is 0 Å². The molecule has 0 aliphatic carbocycles. The van der Waals surface area contributed by atoms with E-state index in [1.807, 2.05) is 12.3 Å². The van der Waals surface area contributed by atoms with Crippen LogP contribution in [-0.4, -0.2) is 35.0 Å². The van der Waals surface area contributed by atoms with E-state index in [9.17, 15) is 9.59 Å². The maximum absolute atomic E-state index is 12.2. The van der Waals surface area contributed by atoms with Gasteiger partial charge in [0.05, 0.1) is 5.02 Å². The van der Waals surface area contributed by atoms with Gasteiger partial charge in [-0.05, 0) is 30.2 Å². The molecule has 1 aliphatic heterocycles. The van der Waals surface area contributed by atoms with Crippen molar-refractivity contribution in [1.82, 2.24) is 4.90 Å². The number of carbonyl (C=O) groups excluding carboxylic acids is 1. The number of thiophene rings is 1. The summed E-state index contributed by atoms with van der Waals surface area (Å²) >= 11 is 7.42. The Morgan fingerprint density at radius 3 is 2.89 bits per heavy atom. The summed E-state index contributed by atoms with van der Waals surface area (Å²) in [7, 11) is 0. The molecular weight excluding hydrogens is 274 g/mol. The average Bonchev–Trinajstić information content (AvgIpc) is 2.87. The zero-order chi connectivity index (χ0) is 13.3. The quantitative estimate of drug-likeness (QED) is 0.930. The van der Waals surface area contributed by atoms with Gasteiger partial charge < -0.3 is 10.0 Å². The fourth-order valence-corrected chi connectivity index (χ4v) is 3.39. The van der Waals surface area contributed by atoms with Gasteiger partial charge in [-0.25, -0.2) is 0 Å². The molecule has 18 heavy (non-hydrogen) atoms. The van der Waals surface area contributed by atoms with Crippen LogP contribution >= 0.6 is 22.9 Å². The lowest BCUT2D eigenvalue weighted by molar-refractivity contribution is -0.138. The lowest BCUT2D eigenvalue weighted by Gasteiger charge is -2.15. The van der Waals surface area contributed by atoms with Crippen molar-refractivity contribution in [1.29, 1.82) is 0 Å². The van der Waals surface area contributed by atoms with Gasteiger partial charge in [0.25, 0.3) is 5.91 Å². The summed E-state index contributed by atoms with van der Waals surface area (Å²) in [5.41, 5.74) is 0.909. The van der Waals surface area contributed by atoms with Gasteiger partial charge in [-0.15, -0.1) is 11.3 Å². The van der Waals surface area contributed by atoms with Gasteiger partial charge in [-0.3, -0.25) is 9.59 Å². The van der Waals surface area contributed by atoms with Crippen molar-refractivity contribution in [2.75, 3.05) is 13.1 Å². The molecule has 0 saturated carbocycles. The number of hydrogen-bond donors (Lipinski definition) is 1. The molecule has 1 amide bonds. The number of rotatable bonds is 3. The zero-order valence-electron chi connectivity index (χ0n) is 9.98. The number of carbonyl (C=O) groups is 2. The highest BCUT2D eigenvalue weighted by atomic mass is 35.5. The summed E-state index contributed by atoms with van der Waals surface area (Å²) in [6.07, 6.45) is 0.876. The summed E-state index contributed by atoms with van der Waals surface area (Å²) in [4.78, 5) is 25.1. The van der Waals surface area contributed by atoms with Crippen LogP contribution in [0.1, 0.15) is 28.1 Å². The van der Waals surface area contributed by atoms with Gasteiger partial charge in [0.2, 0.25) is 0 Å². The molecule has 1 atom stereocenters. The van der Waals surface area contributed by atoms with E-state index < -0.39 is 5.97 Å². The number of carboxylic acid groups (broad SMARTS) is 1. The summed E-state index contributed by atoms with van der Waals surface area (Å²) in [6.45, 7) is 3.00. The molecule has 98 valence electrons. The lowest BCUT2D eigenvalue weighted by Crippen LogP contribution is -2.28. The topological polar surface area (TPSA) is 57.6 Å². The average molecular weight is 288 g/mol. The first kappa shape index (κ1) is 13.4. The Kier molecular flexibility index (Phi) is 3.92. The summed E-state index contributed by atoms with van der Waals surface area (Å²) in [5.74, 6) is -0.823. The molecule has 1 aromatic heterocycles. The number of nitrogens with zero attached hydrogens (tertiary/aromatic N) is 1. The fraction of sp³-hybridized carbons (Fsp3) is 0.500. The maximum atomic E-state index is 12.2. The number of carboxylic acids is 1. The van der Waals surface area contributed by atoms with E-state index in [1.165, 1.54) is 11.3 Å². The molecule has 1 aromatic rings. The molecule has 0 spiro atoms. The van der Waals surface area contributed by atoms with E-state index in [0.717, 1.165) is 12.0 Å². The molecule has 4 nitrogen and oxygen atoms in total. The van der Waals surface area contributed by atoms with Crippen LogP contribution in [0.2, 0.25) is 5.02 Å². The van der Waals surface area contributed by atoms with Crippen molar-refractivity contribution in [2.24, 2.45) is 5.92 Å². The fourth-order valence-electron chi connectivity index (χ4n) is 2.15. The van der Waals surface area contributed by atoms with Gasteiger partial charge >= 0.3 is 5.97 Å². The Labute approximate surface area is 114 Å². The van der Waals surface area contributed by atoms with Gasteiger partial charge in [0, 0.05) is 19.5 Å². The third-order valence-corrected chi connectivity index (χ3v) is 4.81. The number of likely N-dealkylation sites (tertiary alicyclic amines) is 1. The lowest BCUT2D eigenvalue weighted by atomic mass is 10.1. The zero-order valence-corrected chi connectivity index (χ0v) is 11.6. The minimum Gasteiger partial charge on any atom is -0.481 e. The molecule has 1 saturated heterocycles. The van der Waals surface area contributed by atoms with E-state index in [4.69, 9.17) is 16.7 Å². The predicted molar refractivity (Wildman–Crippen MR) is 70.3 cm³/mol. The number of halogens is 1. The van der Waals surface area contributed by atoms with Crippen molar-refractivity contribution in [3.8, 4) is 0 Å². The van der Waals surface area contributed by atoms with Crippen LogP contribution in [0, 0.1) is 12.8 Å². The summed E-state index contributed by atoms with van der Waals surface area (Å²) in [5, 5.41) is 11.1. The monoisotopic (exact) mass is 287 g/mol. The normalized spacial score (nSPS) is 19.2. The number of amides is 1. The molecule has 0 bridgehead atoms. The smallest absolute Gasteiger partial charge is 0.303 e. The van der Waals surface area contributed by atoms with Gasteiger partial charge in [0.15, 0.2) is 0 Å². The van der Waals surface area contributed by atoms with Crippen LogP contribution in [0.3, 0.4) is 0 Å². The van der Waals surface area contributed by atoms with Crippen LogP contribution in [-0.2, 0) is 4.79 Å². The third kappa shape index (κ3) is 2.67. The SMILES string of the molecule is Cc1csc(C(=O)N2CCC(CC(=O)O)C2)c1Cl. The first-order valence-corrected chi connectivity index (χ1v) is 6.99. The summed E-state index contributed by atoms with van der Waals surface area (Å²) in [6, 6.07) is 0. The van der Waals surface area contributed by atoms with Crippen LogP contribution < -0.4 is 0 Å². The van der Waals surface area contributed by atoms with E-state index in [2.05, 4.69) is 0 Å². The Morgan fingerprint density at radius 1 is 1.61 bits per heavy atom. The van der Waals surface area contributed by atoms with Crippen molar-refractivity contribution in [3.63, 3.8) is 0 Å². The maximum Gasteiger partial charge on any atom is 0.303 e. The number of aryl methyl sites for hydroxylation is 1. The standard InChI is InChI=1S/C12H14ClNO3S/c1-7-6-18-11(10(7)13)12(17)14-3-2-8(5-14)4-9(15)16/h6,8H,2-5H2,1H3,(H,15,16). The predicted octanol–water partition coefficient (Wildman–Crippen LogP) is 2.65. The molecule has 6 heteroatoms. The third-order valence-electron chi connectivity index (χ3n) is 3.13. The van der Waals surface area contributed by atoms with Crippen molar-refractivity contribution >= 4 is 34.8 Å². The molecule has 0 aromatic carbocycles. The van der Waals surface area contributed by atoms with Crippen molar-refractivity contribution in [3.05, 3.63) is 20.8 Å². The molecule has 2 rings (SSSR count). The van der Waals surface area contributed by atoms with E-state index in [-0.39, 0.29) is 18.2 Å². The molecule has 0 radical (unpaired) electrons. The molecule has 1 unspecified atom stereocenters. The second-order valence-electron chi connectivity index (χ2n) is 4.57. The highest BCUT2D eigenvalue weighted by Gasteiger charge is 2.30. The first-order chi connectivity index (χ1) is 8.49. The number of hydrogen-bond acceptors (Lipinski definition) is 3. The van der Waals surface area contributed by atoms with Crippen LogP contribution in [0.5, 0.6) is 0 Å². The Morgan fingerprint density at radius 2 is 2.33 bits per heavy atom. The van der Waals surface area contributed by atoms with E-state index in [1.54, 1.807) is 4.90 Å². The van der Waals surface area contributed by atoms with E-state index >= 15 is 0 Å². The highest BCUT2D eigenvalue weighted by molar-refractivity contribution is 7.13. The molecule has 1 fully saturated rings. The molecule has 1 aliphatic rings. The Balaban J connectivity index is 2.03. The van der Waals surface area contributed by atoms with Gasteiger partial charge in [0.1, 0.15) is 4.88 Å². The largest absolute Gasteiger partial charge is 0.481 e. The van der Waals surface area contributed by atoms with Gasteiger partial charge in [-0.1, -0.05) is 11.6 Å². The molecule has 2 heterocycles. The Hall–Kier alpha value is -1.07. The van der Waals surface area contributed by atoms with E-state index in [0.29, 0.717) is 23.0 Å². The van der Waals surface area contributed by atoms with Gasteiger partial charge in [-0.2, -0.15) is 0 Å². The minimum atomic E-state index is -0.806. The Bertz CT molecular complexity index is 486.